The molecular formula is C22H24N6O3. The molecule has 1 fully saturated rings. The molecule has 0 saturated carbocycles. The van der Waals surface area contributed by atoms with Crippen LogP contribution in [0.2, 0.25) is 0 Å². The summed E-state index contributed by atoms with van der Waals surface area (Å²) in [7, 11) is 0. The third-order valence-electron chi connectivity index (χ3n) is 5.85. The van der Waals surface area contributed by atoms with Gasteiger partial charge in [-0.15, -0.1) is 0 Å². The van der Waals surface area contributed by atoms with Gasteiger partial charge in [-0.2, -0.15) is 5.10 Å². The molecule has 0 bridgehead atoms. The lowest BCUT2D eigenvalue weighted by molar-refractivity contribution is 0.0858. The van der Waals surface area contributed by atoms with Crippen LogP contribution in [-0.4, -0.2) is 57.8 Å². The number of carbonyl (C=O) groups is 2. The monoisotopic (exact) mass is 420 g/mol. The Morgan fingerprint density at radius 2 is 2.23 bits per heavy atom. The number of pyridine rings is 1. The number of anilines is 1. The lowest BCUT2D eigenvalue weighted by Crippen LogP contribution is -2.39. The molecule has 5 rings (SSSR count). The Kier molecular flexibility index (Phi) is 5.25. The van der Waals surface area contributed by atoms with E-state index in [4.69, 9.17) is 4.74 Å². The Bertz CT molecular complexity index is 1120. The summed E-state index contributed by atoms with van der Waals surface area (Å²) in [6.45, 7) is 2.34. The van der Waals surface area contributed by atoms with E-state index < -0.39 is 0 Å². The minimum Gasteiger partial charge on any atom is -0.376 e. The van der Waals surface area contributed by atoms with Crippen molar-refractivity contribution in [1.82, 2.24) is 25.4 Å². The number of hydrogen-bond acceptors (Lipinski definition) is 5. The molecule has 2 aliphatic heterocycles. The minimum atomic E-state index is -0.199. The van der Waals surface area contributed by atoms with Gasteiger partial charge in [-0.1, -0.05) is 6.07 Å². The van der Waals surface area contributed by atoms with Gasteiger partial charge in [-0.25, -0.2) is 9.78 Å². The number of nitrogens with one attached hydrogen (secondary N) is 3. The van der Waals surface area contributed by atoms with Gasteiger partial charge in [-0.3, -0.25) is 9.89 Å². The van der Waals surface area contributed by atoms with Gasteiger partial charge in [0.15, 0.2) is 5.65 Å². The number of ether oxygens (including phenoxy) is 1. The predicted molar refractivity (Wildman–Crippen MR) is 115 cm³/mol. The molecule has 2 aromatic heterocycles. The van der Waals surface area contributed by atoms with Gasteiger partial charge in [0.2, 0.25) is 0 Å². The summed E-state index contributed by atoms with van der Waals surface area (Å²) in [6, 6.07) is 6.77. The zero-order chi connectivity index (χ0) is 21.2. The highest BCUT2D eigenvalue weighted by atomic mass is 16.5. The van der Waals surface area contributed by atoms with Crippen molar-refractivity contribution in [3.8, 4) is 0 Å². The van der Waals surface area contributed by atoms with Crippen molar-refractivity contribution in [2.45, 2.75) is 31.9 Å². The number of benzene rings is 1. The summed E-state index contributed by atoms with van der Waals surface area (Å²) < 4.78 is 5.54. The van der Waals surface area contributed by atoms with E-state index in [0.29, 0.717) is 30.9 Å². The Morgan fingerprint density at radius 1 is 1.29 bits per heavy atom. The van der Waals surface area contributed by atoms with E-state index in [9.17, 15) is 9.59 Å². The lowest BCUT2D eigenvalue weighted by Gasteiger charge is -2.29. The smallest absolute Gasteiger partial charge is 0.322 e. The standard InChI is InChI=1S/C22H24N6O3/c29-21(24-11-17-5-2-8-31-17)14-3-1-4-16(9-14)26-22(30)28-7-6-18-15(13-28)10-23-20-19(18)12-25-27-20/h1,3-4,9-10,12,17H,2,5-8,11,13H2,(H,24,29)(H,26,30)(H,23,25,27). The van der Waals surface area contributed by atoms with Crippen LogP contribution in [0.25, 0.3) is 11.0 Å². The van der Waals surface area contributed by atoms with E-state index >= 15 is 0 Å². The third-order valence-corrected chi connectivity index (χ3v) is 5.85. The van der Waals surface area contributed by atoms with Crippen LogP contribution in [0.3, 0.4) is 0 Å². The van der Waals surface area contributed by atoms with Gasteiger partial charge in [-0.05, 0) is 48.6 Å². The van der Waals surface area contributed by atoms with Crippen LogP contribution in [0, 0.1) is 0 Å². The number of rotatable bonds is 4. The van der Waals surface area contributed by atoms with Crippen LogP contribution in [0.4, 0.5) is 10.5 Å². The fourth-order valence-corrected chi connectivity index (χ4v) is 4.18. The zero-order valence-electron chi connectivity index (χ0n) is 17.1. The van der Waals surface area contributed by atoms with Gasteiger partial charge < -0.3 is 20.3 Å². The van der Waals surface area contributed by atoms with Gasteiger partial charge in [0.25, 0.3) is 5.91 Å². The number of carbonyl (C=O) groups excluding carboxylic acids is 2. The number of urea groups is 1. The normalized spacial score (nSPS) is 18.1. The molecule has 1 aromatic carbocycles. The van der Waals surface area contributed by atoms with E-state index in [2.05, 4.69) is 25.8 Å². The van der Waals surface area contributed by atoms with Crippen molar-refractivity contribution in [1.29, 1.82) is 0 Å². The van der Waals surface area contributed by atoms with Crippen LogP contribution in [0.5, 0.6) is 0 Å². The minimum absolute atomic E-state index is 0.0894. The summed E-state index contributed by atoms with van der Waals surface area (Å²) >= 11 is 0. The van der Waals surface area contributed by atoms with Crippen molar-refractivity contribution in [3.63, 3.8) is 0 Å². The second-order valence-corrected chi connectivity index (χ2v) is 7.92. The van der Waals surface area contributed by atoms with E-state index in [-0.39, 0.29) is 18.0 Å². The summed E-state index contributed by atoms with van der Waals surface area (Å²) in [4.78, 5) is 31.4. The van der Waals surface area contributed by atoms with Gasteiger partial charge in [0.1, 0.15) is 0 Å². The molecule has 9 heteroatoms. The second kappa shape index (κ2) is 8.35. The van der Waals surface area contributed by atoms with Crippen molar-refractivity contribution in [2.24, 2.45) is 0 Å². The highest BCUT2D eigenvalue weighted by molar-refractivity contribution is 5.97. The fourth-order valence-electron chi connectivity index (χ4n) is 4.18. The van der Waals surface area contributed by atoms with Crippen LogP contribution in [0.1, 0.15) is 34.3 Å². The third kappa shape index (κ3) is 4.09. The molecule has 3 amide bonds. The average molecular weight is 420 g/mol. The van der Waals surface area contributed by atoms with E-state index in [1.807, 2.05) is 0 Å². The summed E-state index contributed by atoms with van der Waals surface area (Å²) in [6.07, 6.45) is 6.42. The Hall–Kier alpha value is -3.46. The number of aromatic nitrogens is 3. The SMILES string of the molecule is O=C(NCC1CCCO1)c1cccc(NC(=O)N2CCc3c(cnc4[nH]ncc34)C2)c1. The number of fused-ring (bicyclic) bond motifs is 3. The Labute approximate surface area is 179 Å². The largest absolute Gasteiger partial charge is 0.376 e. The molecule has 1 saturated heterocycles. The Balaban J connectivity index is 1.22. The Morgan fingerprint density at radius 3 is 3.10 bits per heavy atom. The van der Waals surface area contributed by atoms with Gasteiger partial charge >= 0.3 is 6.03 Å². The first-order valence-corrected chi connectivity index (χ1v) is 10.5. The van der Waals surface area contributed by atoms with E-state index in [0.717, 1.165) is 42.5 Å². The molecule has 0 radical (unpaired) electrons. The highest BCUT2D eigenvalue weighted by Gasteiger charge is 2.23. The number of aromatic amines is 1. The first-order valence-electron chi connectivity index (χ1n) is 10.5. The summed E-state index contributed by atoms with van der Waals surface area (Å²) in [5.41, 5.74) is 4.08. The van der Waals surface area contributed by atoms with Gasteiger partial charge in [0, 0.05) is 49.1 Å². The van der Waals surface area contributed by atoms with Crippen LogP contribution >= 0.6 is 0 Å². The zero-order valence-corrected chi connectivity index (χ0v) is 17.1. The molecule has 0 aliphatic carbocycles. The number of H-pyrrole nitrogens is 1. The number of amides is 3. The van der Waals surface area contributed by atoms with E-state index in [1.54, 1.807) is 41.6 Å². The maximum Gasteiger partial charge on any atom is 0.322 e. The van der Waals surface area contributed by atoms with Crippen LogP contribution in [0.15, 0.2) is 36.7 Å². The maximum absolute atomic E-state index is 12.8. The molecular weight excluding hydrogens is 396 g/mol. The number of hydrogen-bond donors (Lipinski definition) is 3. The first-order chi connectivity index (χ1) is 15.2. The van der Waals surface area contributed by atoms with E-state index in [1.165, 1.54) is 5.56 Å². The van der Waals surface area contributed by atoms with Crippen LogP contribution in [-0.2, 0) is 17.7 Å². The molecule has 1 unspecified atom stereocenters. The van der Waals surface area contributed by atoms with Crippen molar-refractivity contribution >= 4 is 28.7 Å². The highest BCUT2D eigenvalue weighted by Crippen LogP contribution is 2.25. The molecule has 3 N–H and O–H groups in total. The molecule has 1 atom stereocenters. The lowest BCUT2D eigenvalue weighted by atomic mass is 9.99. The summed E-state index contributed by atoms with van der Waals surface area (Å²) in [5.74, 6) is -0.172. The quantitative estimate of drug-likeness (QED) is 0.600. The summed E-state index contributed by atoms with van der Waals surface area (Å²) in [5, 5.41) is 13.8. The molecule has 31 heavy (non-hydrogen) atoms. The molecule has 0 spiro atoms. The molecule has 160 valence electrons. The molecule has 2 aliphatic rings. The molecule has 3 aromatic rings. The van der Waals surface area contributed by atoms with Crippen molar-refractivity contribution in [2.75, 3.05) is 25.0 Å². The maximum atomic E-state index is 12.8. The average Bonchev–Trinajstić information content (AvgIpc) is 3.49. The first kappa shape index (κ1) is 19.5. The van der Waals surface area contributed by atoms with Crippen LogP contribution < -0.4 is 10.6 Å². The predicted octanol–water partition coefficient (Wildman–Crippen LogP) is 2.46. The molecule has 9 nitrogen and oxygen atoms in total. The fraction of sp³-hybridized carbons (Fsp3) is 0.364. The van der Waals surface area contributed by atoms with Gasteiger partial charge in [0.05, 0.1) is 12.3 Å². The topological polar surface area (TPSA) is 112 Å². The molecule has 4 heterocycles. The number of nitrogens with zero attached hydrogens (tertiary/aromatic N) is 3. The van der Waals surface area contributed by atoms with Crippen molar-refractivity contribution < 1.29 is 14.3 Å². The van der Waals surface area contributed by atoms with Crippen molar-refractivity contribution in [3.05, 3.63) is 53.3 Å². The second-order valence-electron chi connectivity index (χ2n) is 7.92.